The Morgan fingerprint density at radius 2 is 1.00 bits per heavy atom. The smallest absolute Gasteiger partial charge is 0.0593 e. The van der Waals surface area contributed by atoms with E-state index in [1.54, 1.807) is 0 Å². The molecule has 0 fully saturated rings. The molecule has 0 amide bonds. The highest BCUT2D eigenvalue weighted by atomic mass is 32.1. The number of rotatable bonds is 15. The summed E-state index contributed by atoms with van der Waals surface area (Å²) in [4.78, 5) is 0. The van der Waals surface area contributed by atoms with E-state index in [1.807, 2.05) is 0 Å². The highest BCUT2D eigenvalue weighted by Crippen LogP contribution is 2.16. The zero-order valence-electron chi connectivity index (χ0n) is 14.0. The van der Waals surface area contributed by atoms with Gasteiger partial charge in [0.25, 0.3) is 0 Å². The van der Waals surface area contributed by atoms with Crippen LogP contribution in [0, 0.1) is 0 Å². The number of ether oxygens (including phenoxy) is 2. The second-order valence-electron chi connectivity index (χ2n) is 5.70. The molecule has 0 saturated carbocycles. The first-order valence-corrected chi connectivity index (χ1v) is 10.5. The predicted molar refractivity (Wildman–Crippen MR) is 112 cm³/mol. The van der Waals surface area contributed by atoms with Gasteiger partial charge in [0.1, 0.15) is 0 Å². The van der Waals surface area contributed by atoms with Crippen molar-refractivity contribution in [2.75, 3.05) is 26.4 Å². The van der Waals surface area contributed by atoms with E-state index in [-0.39, 0.29) is 10.5 Å². The average molecular weight is 387 g/mol. The number of unbranched alkanes of at least 4 members (excludes halogenated alkanes) is 1. The standard InChI is InChI=1S/C16H34O2S4/c1-3-7-13(19)15(21)11-17-9-5-6-10-18-12-16(22)14(20)8-4-2/h13-16,19-22H,3-12H2,1-2H3. The molecular formula is C16H34O2S4. The molecule has 0 rings (SSSR count). The second kappa shape index (κ2) is 15.8. The maximum Gasteiger partial charge on any atom is 0.0593 e. The Balaban J connectivity index is 3.40. The van der Waals surface area contributed by atoms with Gasteiger partial charge in [0.05, 0.1) is 13.2 Å². The van der Waals surface area contributed by atoms with Gasteiger partial charge < -0.3 is 9.47 Å². The molecule has 2 nitrogen and oxygen atoms in total. The molecule has 0 aliphatic rings. The Bertz CT molecular complexity index is 220. The van der Waals surface area contributed by atoms with Gasteiger partial charge in [-0.05, 0) is 25.7 Å². The van der Waals surface area contributed by atoms with Crippen LogP contribution in [0.3, 0.4) is 0 Å². The van der Waals surface area contributed by atoms with E-state index in [4.69, 9.17) is 9.47 Å². The van der Waals surface area contributed by atoms with Gasteiger partial charge in [-0.25, -0.2) is 0 Å². The lowest BCUT2D eigenvalue weighted by Crippen LogP contribution is -2.22. The van der Waals surface area contributed by atoms with E-state index in [2.05, 4.69) is 64.4 Å². The zero-order chi connectivity index (χ0) is 16.8. The van der Waals surface area contributed by atoms with E-state index < -0.39 is 0 Å². The molecule has 0 saturated heterocycles. The maximum atomic E-state index is 5.65. The van der Waals surface area contributed by atoms with Crippen LogP contribution in [-0.2, 0) is 9.47 Å². The molecule has 0 aromatic heterocycles. The minimum atomic E-state index is 0.218. The lowest BCUT2D eigenvalue weighted by molar-refractivity contribution is 0.103. The number of hydrogen-bond donors (Lipinski definition) is 4. The molecule has 4 atom stereocenters. The van der Waals surface area contributed by atoms with Gasteiger partial charge in [-0.1, -0.05) is 26.7 Å². The lowest BCUT2D eigenvalue weighted by Gasteiger charge is -2.18. The largest absolute Gasteiger partial charge is 0.380 e. The Hall–Kier alpha value is 1.32. The van der Waals surface area contributed by atoms with Gasteiger partial charge in [-0.2, -0.15) is 50.5 Å². The molecule has 22 heavy (non-hydrogen) atoms. The van der Waals surface area contributed by atoms with Gasteiger partial charge in [-0.15, -0.1) is 0 Å². The average Bonchev–Trinajstić information content (AvgIpc) is 2.49. The molecule has 0 spiro atoms. The molecule has 0 aromatic carbocycles. The van der Waals surface area contributed by atoms with Crippen LogP contribution in [0.25, 0.3) is 0 Å². The third-order valence-corrected chi connectivity index (χ3v) is 6.19. The van der Waals surface area contributed by atoms with Gasteiger partial charge in [0.15, 0.2) is 0 Å². The maximum absolute atomic E-state index is 5.65. The highest BCUT2D eigenvalue weighted by molar-refractivity contribution is 7.85. The molecule has 0 radical (unpaired) electrons. The highest BCUT2D eigenvalue weighted by Gasteiger charge is 2.14. The Kier molecular flexibility index (Phi) is 16.8. The first kappa shape index (κ1) is 23.3. The molecule has 0 bridgehead atoms. The third kappa shape index (κ3) is 12.7. The van der Waals surface area contributed by atoms with E-state index in [1.165, 1.54) is 0 Å². The van der Waals surface area contributed by atoms with Crippen molar-refractivity contribution in [1.82, 2.24) is 0 Å². The summed E-state index contributed by atoms with van der Waals surface area (Å²) in [7, 11) is 0. The normalized spacial score (nSPS) is 17.2. The summed E-state index contributed by atoms with van der Waals surface area (Å²) in [5, 5.41) is 1.08. The Morgan fingerprint density at radius 3 is 1.32 bits per heavy atom. The molecule has 0 heterocycles. The van der Waals surface area contributed by atoms with Crippen molar-refractivity contribution in [3.63, 3.8) is 0 Å². The molecule has 0 N–H and O–H groups in total. The van der Waals surface area contributed by atoms with Crippen LogP contribution in [-0.4, -0.2) is 47.4 Å². The van der Waals surface area contributed by atoms with Crippen LogP contribution >= 0.6 is 50.5 Å². The van der Waals surface area contributed by atoms with Crippen LogP contribution < -0.4 is 0 Å². The van der Waals surface area contributed by atoms with Gasteiger partial charge >= 0.3 is 0 Å². The van der Waals surface area contributed by atoms with Crippen molar-refractivity contribution < 1.29 is 9.47 Å². The van der Waals surface area contributed by atoms with Crippen molar-refractivity contribution in [2.45, 2.75) is 73.4 Å². The number of thiol groups is 4. The monoisotopic (exact) mass is 386 g/mol. The van der Waals surface area contributed by atoms with E-state index in [9.17, 15) is 0 Å². The Morgan fingerprint density at radius 1 is 0.636 bits per heavy atom. The number of hydrogen-bond acceptors (Lipinski definition) is 6. The third-order valence-electron chi connectivity index (χ3n) is 3.46. The Labute approximate surface area is 159 Å². The summed E-state index contributed by atoms with van der Waals surface area (Å²) in [6, 6.07) is 0. The second-order valence-corrected chi connectivity index (χ2v) is 8.36. The van der Waals surface area contributed by atoms with E-state index in [0.717, 1.165) is 51.7 Å². The van der Waals surface area contributed by atoms with Crippen LogP contribution in [0.15, 0.2) is 0 Å². The zero-order valence-corrected chi connectivity index (χ0v) is 17.6. The minimum Gasteiger partial charge on any atom is -0.380 e. The van der Waals surface area contributed by atoms with Crippen LogP contribution in [0.2, 0.25) is 0 Å². The summed E-state index contributed by atoms with van der Waals surface area (Å²) in [6.45, 7) is 7.21. The summed E-state index contributed by atoms with van der Waals surface area (Å²) < 4.78 is 11.3. The van der Waals surface area contributed by atoms with Crippen LogP contribution in [0.5, 0.6) is 0 Å². The molecule has 0 aromatic rings. The SMILES string of the molecule is CCCC(S)C(S)COCCCCOCC(S)C(S)CCC. The fourth-order valence-corrected chi connectivity index (χ4v) is 3.21. The first-order valence-electron chi connectivity index (χ1n) is 8.40. The lowest BCUT2D eigenvalue weighted by atomic mass is 10.2. The fraction of sp³-hybridized carbons (Fsp3) is 1.00. The topological polar surface area (TPSA) is 18.5 Å². The van der Waals surface area contributed by atoms with Crippen LogP contribution in [0.4, 0.5) is 0 Å². The fourth-order valence-electron chi connectivity index (χ4n) is 2.01. The van der Waals surface area contributed by atoms with Gasteiger partial charge in [-0.3, -0.25) is 0 Å². The summed E-state index contributed by atoms with van der Waals surface area (Å²) in [5.41, 5.74) is 0. The predicted octanol–water partition coefficient (Wildman–Crippen LogP) is 4.59. The van der Waals surface area contributed by atoms with Gasteiger partial charge in [0.2, 0.25) is 0 Å². The van der Waals surface area contributed by atoms with Crippen molar-refractivity contribution in [3.05, 3.63) is 0 Å². The minimum absolute atomic E-state index is 0.218. The van der Waals surface area contributed by atoms with Crippen molar-refractivity contribution >= 4 is 50.5 Å². The van der Waals surface area contributed by atoms with E-state index in [0.29, 0.717) is 23.7 Å². The summed E-state index contributed by atoms with van der Waals surface area (Å²) in [5.74, 6) is 0. The first-order chi connectivity index (χ1) is 10.5. The van der Waals surface area contributed by atoms with Crippen molar-refractivity contribution in [3.8, 4) is 0 Å². The quantitative estimate of drug-likeness (QED) is 0.244. The van der Waals surface area contributed by atoms with Crippen LogP contribution in [0.1, 0.15) is 52.4 Å². The molecular weight excluding hydrogens is 352 g/mol. The van der Waals surface area contributed by atoms with Crippen molar-refractivity contribution in [1.29, 1.82) is 0 Å². The molecule has 134 valence electrons. The molecule has 4 unspecified atom stereocenters. The van der Waals surface area contributed by atoms with Crippen molar-refractivity contribution in [2.24, 2.45) is 0 Å². The summed E-state index contributed by atoms with van der Waals surface area (Å²) in [6.07, 6.45) is 6.48. The molecule has 0 aliphatic heterocycles. The summed E-state index contributed by atoms with van der Waals surface area (Å²) >= 11 is 18.1. The molecule has 6 heteroatoms. The van der Waals surface area contributed by atoms with Gasteiger partial charge in [0, 0.05) is 34.2 Å². The van der Waals surface area contributed by atoms with E-state index >= 15 is 0 Å². The molecule has 0 aliphatic carbocycles.